The topological polar surface area (TPSA) is 64.8 Å². The highest BCUT2D eigenvalue weighted by Gasteiger charge is 2.25. The third kappa shape index (κ3) is 4.45. The molecule has 1 atom stereocenters. The molecule has 1 aliphatic heterocycles. The molecule has 1 amide bonds. The first-order valence-corrected chi connectivity index (χ1v) is 10.00. The summed E-state index contributed by atoms with van der Waals surface area (Å²) < 4.78 is 31.2. The molecule has 0 bridgehead atoms. The van der Waals surface area contributed by atoms with E-state index < -0.39 is 0 Å². The van der Waals surface area contributed by atoms with Gasteiger partial charge in [0.2, 0.25) is 5.91 Å². The van der Waals surface area contributed by atoms with Crippen LogP contribution < -0.4 is 9.47 Å². The van der Waals surface area contributed by atoms with Crippen molar-refractivity contribution in [3.63, 3.8) is 0 Å². The van der Waals surface area contributed by atoms with Gasteiger partial charge in [-0.25, -0.2) is 9.37 Å². The third-order valence-electron chi connectivity index (χ3n) is 4.97. The molecule has 3 aromatic rings. The smallest absolute Gasteiger partial charge is 0.223 e. The normalized spacial score (nSPS) is 15.1. The van der Waals surface area contributed by atoms with E-state index in [-0.39, 0.29) is 24.2 Å². The van der Waals surface area contributed by atoms with Gasteiger partial charge in [-0.3, -0.25) is 4.79 Å². The Morgan fingerprint density at radius 1 is 1.17 bits per heavy atom. The molecule has 0 spiro atoms. The van der Waals surface area contributed by atoms with E-state index in [1.807, 2.05) is 31.2 Å². The van der Waals surface area contributed by atoms with Gasteiger partial charge in [-0.05, 0) is 31.2 Å². The van der Waals surface area contributed by atoms with Gasteiger partial charge in [-0.15, -0.1) is 0 Å². The first-order valence-electron chi connectivity index (χ1n) is 10.00. The lowest BCUT2D eigenvalue weighted by Gasteiger charge is -2.30. The molecular formula is C23H23FN2O4. The van der Waals surface area contributed by atoms with Crippen molar-refractivity contribution in [3.05, 3.63) is 66.4 Å². The SMILES string of the molecule is CCN(CC1COc2ccccc2O1)C(=O)CCc1ncc(-c2ccccc2F)o1. The maximum Gasteiger partial charge on any atom is 0.223 e. The van der Waals surface area contributed by atoms with Crippen molar-refractivity contribution in [2.75, 3.05) is 19.7 Å². The first-order chi connectivity index (χ1) is 14.6. The Kier molecular flexibility index (Phi) is 5.97. The molecule has 4 rings (SSSR count). The molecular weight excluding hydrogens is 387 g/mol. The molecule has 0 saturated carbocycles. The minimum absolute atomic E-state index is 0.0226. The summed E-state index contributed by atoms with van der Waals surface area (Å²) in [6.45, 7) is 3.33. The van der Waals surface area contributed by atoms with E-state index in [2.05, 4.69) is 4.98 Å². The van der Waals surface area contributed by atoms with Gasteiger partial charge in [-0.2, -0.15) is 0 Å². The zero-order valence-corrected chi connectivity index (χ0v) is 16.7. The highest BCUT2D eigenvalue weighted by Crippen LogP contribution is 2.31. The molecule has 0 saturated heterocycles. The zero-order chi connectivity index (χ0) is 20.9. The number of amides is 1. The summed E-state index contributed by atoms with van der Waals surface area (Å²) in [5, 5.41) is 0. The lowest BCUT2D eigenvalue weighted by Crippen LogP contribution is -2.43. The zero-order valence-electron chi connectivity index (χ0n) is 16.7. The number of carbonyl (C=O) groups is 1. The van der Waals surface area contributed by atoms with Gasteiger partial charge in [0.05, 0.1) is 18.3 Å². The average molecular weight is 410 g/mol. The van der Waals surface area contributed by atoms with Crippen molar-refractivity contribution in [1.29, 1.82) is 0 Å². The second kappa shape index (κ2) is 8.98. The Morgan fingerprint density at radius 2 is 1.93 bits per heavy atom. The molecule has 2 aromatic carbocycles. The number of hydrogen-bond donors (Lipinski definition) is 0. The molecule has 0 fully saturated rings. The van der Waals surface area contributed by atoms with Crippen LogP contribution in [0.25, 0.3) is 11.3 Å². The van der Waals surface area contributed by atoms with Crippen molar-refractivity contribution in [2.24, 2.45) is 0 Å². The summed E-state index contributed by atoms with van der Waals surface area (Å²) in [7, 11) is 0. The van der Waals surface area contributed by atoms with Crippen LogP contribution in [-0.4, -0.2) is 41.6 Å². The minimum atomic E-state index is -0.371. The van der Waals surface area contributed by atoms with E-state index in [0.717, 1.165) is 5.75 Å². The number of hydrogen-bond acceptors (Lipinski definition) is 5. The minimum Gasteiger partial charge on any atom is -0.486 e. The molecule has 7 heteroatoms. The summed E-state index contributed by atoms with van der Waals surface area (Å²) >= 11 is 0. The fraction of sp³-hybridized carbons (Fsp3) is 0.304. The third-order valence-corrected chi connectivity index (χ3v) is 4.97. The van der Waals surface area contributed by atoms with Crippen LogP contribution in [0.15, 0.2) is 59.1 Å². The molecule has 1 aliphatic rings. The van der Waals surface area contributed by atoms with Gasteiger partial charge in [0.15, 0.2) is 29.3 Å². The maximum atomic E-state index is 13.9. The first kappa shape index (κ1) is 19.9. The van der Waals surface area contributed by atoms with E-state index in [1.165, 1.54) is 12.3 Å². The lowest BCUT2D eigenvalue weighted by molar-refractivity contribution is -0.132. The van der Waals surface area contributed by atoms with Gasteiger partial charge >= 0.3 is 0 Å². The number of likely N-dealkylation sites (N-methyl/N-ethyl adjacent to an activating group) is 1. The summed E-state index contributed by atoms with van der Waals surface area (Å²) in [5.74, 6) is 1.78. The largest absolute Gasteiger partial charge is 0.486 e. The van der Waals surface area contributed by atoms with E-state index in [0.29, 0.717) is 49.1 Å². The fourth-order valence-corrected chi connectivity index (χ4v) is 3.39. The Balaban J connectivity index is 1.33. The number of fused-ring (bicyclic) bond motifs is 1. The van der Waals surface area contributed by atoms with Crippen LogP contribution >= 0.6 is 0 Å². The monoisotopic (exact) mass is 410 g/mol. The number of benzene rings is 2. The van der Waals surface area contributed by atoms with Crippen molar-refractivity contribution in [2.45, 2.75) is 25.9 Å². The number of rotatable bonds is 7. The van der Waals surface area contributed by atoms with Crippen molar-refractivity contribution >= 4 is 5.91 Å². The summed E-state index contributed by atoms with van der Waals surface area (Å²) in [5.41, 5.74) is 0.354. The molecule has 30 heavy (non-hydrogen) atoms. The highest BCUT2D eigenvalue weighted by atomic mass is 19.1. The Labute approximate surface area is 174 Å². The second-order valence-corrected chi connectivity index (χ2v) is 7.03. The number of nitrogens with zero attached hydrogens (tertiary/aromatic N) is 2. The average Bonchev–Trinajstić information content (AvgIpc) is 3.25. The van der Waals surface area contributed by atoms with Gasteiger partial charge in [0.1, 0.15) is 12.4 Å². The predicted octanol–water partition coefficient (Wildman–Crippen LogP) is 4.10. The van der Waals surface area contributed by atoms with Crippen LogP contribution in [0.2, 0.25) is 0 Å². The highest BCUT2D eigenvalue weighted by molar-refractivity contribution is 5.76. The molecule has 0 radical (unpaired) electrons. The number of halogens is 1. The second-order valence-electron chi connectivity index (χ2n) is 7.03. The van der Waals surface area contributed by atoms with E-state index in [1.54, 1.807) is 23.1 Å². The van der Waals surface area contributed by atoms with Crippen molar-refractivity contribution < 1.29 is 23.1 Å². The van der Waals surface area contributed by atoms with Gasteiger partial charge in [0.25, 0.3) is 0 Å². The van der Waals surface area contributed by atoms with Crippen LogP contribution in [0.3, 0.4) is 0 Å². The van der Waals surface area contributed by atoms with Crippen LogP contribution in [0, 0.1) is 5.82 Å². The van der Waals surface area contributed by atoms with Crippen molar-refractivity contribution in [3.8, 4) is 22.8 Å². The van der Waals surface area contributed by atoms with E-state index >= 15 is 0 Å². The summed E-state index contributed by atoms with van der Waals surface area (Å²) in [6.07, 6.45) is 1.85. The summed E-state index contributed by atoms with van der Waals surface area (Å²) in [6, 6.07) is 13.9. The standard InChI is InChI=1S/C23H23FN2O4/c1-2-26(14-16-15-28-19-9-5-6-10-20(19)29-16)23(27)12-11-22-25-13-21(30-22)17-7-3-4-8-18(17)24/h3-10,13,16H,2,11-12,14-15H2,1H3. The lowest BCUT2D eigenvalue weighted by atomic mass is 10.2. The molecule has 6 nitrogen and oxygen atoms in total. The van der Waals surface area contributed by atoms with E-state index in [9.17, 15) is 9.18 Å². The molecule has 2 heterocycles. The quantitative estimate of drug-likeness (QED) is 0.587. The number of para-hydroxylation sites is 2. The van der Waals surface area contributed by atoms with Crippen LogP contribution in [0.1, 0.15) is 19.2 Å². The Morgan fingerprint density at radius 3 is 2.73 bits per heavy atom. The molecule has 0 aliphatic carbocycles. The number of aryl methyl sites for hydroxylation is 1. The number of carbonyl (C=O) groups excluding carboxylic acids is 1. The molecule has 0 N–H and O–H groups in total. The Bertz CT molecular complexity index is 1020. The molecule has 1 unspecified atom stereocenters. The van der Waals surface area contributed by atoms with Gasteiger partial charge in [-0.1, -0.05) is 24.3 Å². The van der Waals surface area contributed by atoms with Crippen molar-refractivity contribution in [1.82, 2.24) is 9.88 Å². The number of oxazole rings is 1. The number of aromatic nitrogens is 1. The molecule has 1 aromatic heterocycles. The predicted molar refractivity (Wildman–Crippen MR) is 109 cm³/mol. The van der Waals surface area contributed by atoms with Gasteiger partial charge in [0, 0.05) is 19.4 Å². The van der Waals surface area contributed by atoms with Crippen LogP contribution in [-0.2, 0) is 11.2 Å². The maximum absolute atomic E-state index is 13.9. The fourth-order valence-electron chi connectivity index (χ4n) is 3.39. The van der Waals surface area contributed by atoms with E-state index in [4.69, 9.17) is 13.9 Å². The Hall–Kier alpha value is -3.35. The van der Waals surface area contributed by atoms with Crippen LogP contribution in [0.4, 0.5) is 4.39 Å². The number of ether oxygens (including phenoxy) is 2. The molecule has 156 valence electrons. The van der Waals surface area contributed by atoms with Crippen LogP contribution in [0.5, 0.6) is 11.5 Å². The summed E-state index contributed by atoms with van der Waals surface area (Å²) in [4.78, 5) is 18.6. The van der Waals surface area contributed by atoms with Gasteiger partial charge < -0.3 is 18.8 Å².